The summed E-state index contributed by atoms with van der Waals surface area (Å²) in [6.07, 6.45) is 6.05. The number of aromatic nitrogens is 2. The molecule has 0 amide bonds. The normalized spacial score (nSPS) is 19.0. The van der Waals surface area contributed by atoms with Crippen molar-refractivity contribution in [3.05, 3.63) is 16.8 Å². The maximum absolute atomic E-state index is 4.88. The summed E-state index contributed by atoms with van der Waals surface area (Å²) in [6.45, 7) is 5.37. The molecule has 0 spiro atoms. The molecule has 1 saturated heterocycles. The van der Waals surface area contributed by atoms with Crippen LogP contribution in [0.25, 0.3) is 10.2 Å². The Morgan fingerprint density at radius 1 is 1.29 bits per heavy atom. The summed E-state index contributed by atoms with van der Waals surface area (Å²) in [5.41, 5.74) is 0. The largest absolute Gasteiger partial charge is 0.369 e. The molecule has 3 heterocycles. The first-order valence-electron chi connectivity index (χ1n) is 7.97. The second kappa shape index (κ2) is 6.97. The van der Waals surface area contributed by atoms with Gasteiger partial charge < -0.3 is 5.32 Å². The summed E-state index contributed by atoms with van der Waals surface area (Å²) in [5.74, 6) is 3.32. The minimum absolute atomic E-state index is 0.484. The molecule has 1 fully saturated rings. The van der Waals surface area contributed by atoms with Gasteiger partial charge in [-0.3, -0.25) is 0 Å². The predicted molar refractivity (Wildman–Crippen MR) is 94.6 cm³/mol. The molecule has 21 heavy (non-hydrogen) atoms. The van der Waals surface area contributed by atoms with Gasteiger partial charge in [0.2, 0.25) is 0 Å². The highest BCUT2D eigenvalue weighted by Gasteiger charge is 2.21. The number of fused-ring (bicyclic) bond motifs is 1. The van der Waals surface area contributed by atoms with E-state index >= 15 is 0 Å². The lowest BCUT2D eigenvalue weighted by molar-refractivity contribution is 0.665. The third-order valence-electron chi connectivity index (χ3n) is 3.82. The van der Waals surface area contributed by atoms with E-state index in [0.29, 0.717) is 5.25 Å². The first-order chi connectivity index (χ1) is 10.3. The molecule has 3 rings (SSSR count). The van der Waals surface area contributed by atoms with Crippen molar-refractivity contribution in [3.63, 3.8) is 0 Å². The van der Waals surface area contributed by atoms with Gasteiger partial charge in [-0.05, 0) is 37.5 Å². The summed E-state index contributed by atoms with van der Waals surface area (Å²) in [7, 11) is 0. The van der Waals surface area contributed by atoms with Gasteiger partial charge >= 0.3 is 0 Å². The van der Waals surface area contributed by atoms with Gasteiger partial charge in [-0.25, -0.2) is 9.97 Å². The van der Waals surface area contributed by atoms with Crippen LogP contribution in [-0.4, -0.2) is 22.3 Å². The van der Waals surface area contributed by atoms with E-state index in [1.54, 1.807) is 0 Å². The summed E-state index contributed by atoms with van der Waals surface area (Å²) in [6, 6.07) is 2.26. The van der Waals surface area contributed by atoms with E-state index in [2.05, 4.69) is 25.2 Å². The van der Waals surface area contributed by atoms with Gasteiger partial charge in [0.05, 0.1) is 10.6 Å². The molecular formula is C16H23N3S2. The molecule has 2 aromatic rings. The number of hydrogen-bond acceptors (Lipinski definition) is 5. The van der Waals surface area contributed by atoms with Crippen LogP contribution in [0.1, 0.15) is 55.5 Å². The number of thiophene rings is 1. The summed E-state index contributed by atoms with van der Waals surface area (Å²) in [5, 5.41) is 5.19. The van der Waals surface area contributed by atoms with Crippen molar-refractivity contribution in [2.45, 2.75) is 51.2 Å². The van der Waals surface area contributed by atoms with Gasteiger partial charge in [0, 0.05) is 11.4 Å². The van der Waals surface area contributed by atoms with E-state index in [-0.39, 0.29) is 0 Å². The van der Waals surface area contributed by atoms with Crippen molar-refractivity contribution in [1.29, 1.82) is 0 Å². The standard InChI is InChI=1S/C16H23N3S2/c1-3-8-17-14-12-10-11(4-2)21-16(12)19-15(18-14)13-7-5-6-9-20-13/h10,13H,3-9H2,1-2H3,(H,17,18,19). The van der Waals surface area contributed by atoms with Crippen LogP contribution in [0, 0.1) is 0 Å². The fraction of sp³-hybridized carbons (Fsp3) is 0.625. The molecular weight excluding hydrogens is 298 g/mol. The topological polar surface area (TPSA) is 37.8 Å². The first kappa shape index (κ1) is 15.1. The smallest absolute Gasteiger partial charge is 0.145 e. The minimum atomic E-state index is 0.484. The molecule has 1 unspecified atom stereocenters. The molecule has 0 saturated carbocycles. The second-order valence-corrected chi connectivity index (χ2v) is 7.92. The van der Waals surface area contributed by atoms with Gasteiger partial charge in [0.25, 0.3) is 0 Å². The van der Waals surface area contributed by atoms with E-state index < -0.39 is 0 Å². The Morgan fingerprint density at radius 3 is 2.90 bits per heavy atom. The van der Waals surface area contributed by atoms with Crippen molar-refractivity contribution in [3.8, 4) is 0 Å². The van der Waals surface area contributed by atoms with Gasteiger partial charge in [0.1, 0.15) is 16.5 Å². The van der Waals surface area contributed by atoms with Crippen LogP contribution in [0.2, 0.25) is 0 Å². The van der Waals surface area contributed by atoms with Crippen molar-refractivity contribution in [2.75, 3.05) is 17.6 Å². The third kappa shape index (κ3) is 3.34. The van der Waals surface area contributed by atoms with Gasteiger partial charge in [-0.15, -0.1) is 11.3 Å². The molecule has 5 heteroatoms. The maximum atomic E-state index is 4.88. The van der Waals surface area contributed by atoms with Crippen LogP contribution in [0.3, 0.4) is 0 Å². The van der Waals surface area contributed by atoms with E-state index in [4.69, 9.17) is 9.97 Å². The third-order valence-corrected chi connectivity index (χ3v) is 6.37. The lowest BCUT2D eigenvalue weighted by Gasteiger charge is -2.20. The Kier molecular flexibility index (Phi) is 5.01. The zero-order valence-electron chi connectivity index (χ0n) is 12.8. The van der Waals surface area contributed by atoms with Crippen molar-refractivity contribution >= 4 is 39.1 Å². The molecule has 1 aliphatic heterocycles. The average molecular weight is 322 g/mol. The van der Waals surface area contributed by atoms with Gasteiger partial charge in [-0.2, -0.15) is 11.8 Å². The Hall–Kier alpha value is -0.810. The highest BCUT2D eigenvalue weighted by atomic mass is 32.2. The molecule has 2 aromatic heterocycles. The minimum Gasteiger partial charge on any atom is -0.369 e. The number of aryl methyl sites for hydroxylation is 1. The van der Waals surface area contributed by atoms with E-state index in [9.17, 15) is 0 Å². The molecule has 1 atom stereocenters. The van der Waals surface area contributed by atoms with E-state index in [1.165, 1.54) is 35.3 Å². The number of rotatable bonds is 5. The molecule has 3 nitrogen and oxygen atoms in total. The van der Waals surface area contributed by atoms with Gasteiger partial charge in [-0.1, -0.05) is 20.3 Å². The highest BCUT2D eigenvalue weighted by molar-refractivity contribution is 7.99. The Bertz CT molecular complexity index is 603. The number of hydrogen-bond donors (Lipinski definition) is 1. The zero-order chi connectivity index (χ0) is 14.7. The lowest BCUT2D eigenvalue weighted by Crippen LogP contribution is -2.10. The average Bonchev–Trinajstić information content (AvgIpc) is 2.96. The second-order valence-electron chi connectivity index (χ2n) is 5.50. The van der Waals surface area contributed by atoms with Crippen LogP contribution >= 0.6 is 23.1 Å². The van der Waals surface area contributed by atoms with Crippen LogP contribution in [0.15, 0.2) is 6.07 Å². The fourth-order valence-electron chi connectivity index (χ4n) is 2.63. The highest BCUT2D eigenvalue weighted by Crippen LogP contribution is 2.39. The molecule has 0 aliphatic carbocycles. The number of anilines is 1. The monoisotopic (exact) mass is 321 g/mol. The molecule has 0 bridgehead atoms. The lowest BCUT2D eigenvalue weighted by atomic mass is 10.2. The number of nitrogens with zero attached hydrogens (tertiary/aromatic N) is 2. The van der Waals surface area contributed by atoms with Crippen molar-refractivity contribution < 1.29 is 0 Å². The zero-order valence-corrected chi connectivity index (χ0v) is 14.4. The number of thioether (sulfide) groups is 1. The molecule has 1 N–H and O–H groups in total. The number of nitrogens with one attached hydrogen (secondary N) is 1. The van der Waals surface area contributed by atoms with E-state index in [1.807, 2.05) is 23.1 Å². The van der Waals surface area contributed by atoms with Crippen LogP contribution in [-0.2, 0) is 6.42 Å². The Morgan fingerprint density at radius 2 is 2.19 bits per heavy atom. The van der Waals surface area contributed by atoms with Crippen LogP contribution in [0.4, 0.5) is 5.82 Å². The Labute approximate surface area is 135 Å². The SMILES string of the molecule is CCCNc1nc(C2CCCCS2)nc2sc(CC)cc12. The van der Waals surface area contributed by atoms with Crippen molar-refractivity contribution in [1.82, 2.24) is 9.97 Å². The summed E-state index contributed by atoms with van der Waals surface area (Å²) < 4.78 is 0. The van der Waals surface area contributed by atoms with Crippen LogP contribution < -0.4 is 5.32 Å². The molecule has 0 aromatic carbocycles. The van der Waals surface area contributed by atoms with Crippen molar-refractivity contribution in [2.24, 2.45) is 0 Å². The fourth-order valence-corrected chi connectivity index (χ4v) is 4.85. The van der Waals surface area contributed by atoms with Crippen LogP contribution in [0.5, 0.6) is 0 Å². The molecule has 1 aliphatic rings. The van der Waals surface area contributed by atoms with Gasteiger partial charge in [0.15, 0.2) is 0 Å². The summed E-state index contributed by atoms with van der Waals surface area (Å²) in [4.78, 5) is 12.3. The Balaban J connectivity index is 2.00. The quantitative estimate of drug-likeness (QED) is 0.838. The first-order valence-corrected chi connectivity index (χ1v) is 9.84. The molecule has 114 valence electrons. The summed E-state index contributed by atoms with van der Waals surface area (Å²) >= 11 is 3.84. The predicted octanol–water partition coefficient (Wildman–Crippen LogP) is 5.03. The van der Waals surface area contributed by atoms with E-state index in [0.717, 1.165) is 35.9 Å². The molecule has 0 radical (unpaired) electrons. The maximum Gasteiger partial charge on any atom is 0.145 e.